The molecule has 1 aliphatic heterocycles. The maximum Gasteiger partial charge on any atom is 0.163 e. The molecule has 4 nitrogen and oxygen atoms in total. The molecule has 1 saturated heterocycles. The number of hydrogen-bond donors (Lipinski definition) is 1. The Balaban J connectivity index is 1.96. The smallest absolute Gasteiger partial charge is 0.163 e. The van der Waals surface area contributed by atoms with E-state index in [1.807, 2.05) is 13.8 Å². The van der Waals surface area contributed by atoms with Crippen molar-refractivity contribution < 1.29 is 19.4 Å². The predicted octanol–water partition coefficient (Wildman–Crippen LogP) is 0.476. The summed E-state index contributed by atoms with van der Waals surface area (Å²) >= 11 is 0. The van der Waals surface area contributed by atoms with Gasteiger partial charge in [-0.2, -0.15) is 0 Å². The fourth-order valence-electron chi connectivity index (χ4n) is 3.33. The zero-order valence-corrected chi connectivity index (χ0v) is 9.19. The molecule has 4 heteroatoms. The molecular weight excluding hydrogens is 196 g/mol. The number of fused-ring (bicyclic) bond motifs is 3. The third-order valence-corrected chi connectivity index (χ3v) is 4.10. The third kappa shape index (κ3) is 0.998. The molecule has 0 radical (unpaired) electrons. The number of ether oxygens (including phenoxy) is 2. The summed E-state index contributed by atoms with van der Waals surface area (Å²) in [6.07, 6.45) is -0.349. The first-order valence-electron chi connectivity index (χ1n) is 5.43. The minimum atomic E-state index is -0.674. The number of carbonyl (C=O) groups is 1. The molecule has 0 aromatic rings. The van der Waals surface area contributed by atoms with E-state index in [0.717, 1.165) is 6.42 Å². The van der Waals surface area contributed by atoms with Crippen molar-refractivity contribution >= 4 is 5.78 Å². The Morgan fingerprint density at radius 1 is 1.40 bits per heavy atom. The lowest BCUT2D eigenvalue weighted by Gasteiger charge is -2.21. The van der Waals surface area contributed by atoms with E-state index in [0.29, 0.717) is 0 Å². The quantitative estimate of drug-likeness (QED) is 0.686. The molecule has 0 aromatic carbocycles. The lowest BCUT2D eigenvalue weighted by atomic mass is 9.95. The number of carbonyl (C=O) groups excluding carboxylic acids is 1. The highest BCUT2D eigenvalue weighted by atomic mass is 16.8. The molecular formula is C11H16O4. The average molecular weight is 212 g/mol. The Hall–Kier alpha value is -0.450. The zero-order chi connectivity index (χ0) is 11.0. The topological polar surface area (TPSA) is 55.8 Å². The van der Waals surface area contributed by atoms with Gasteiger partial charge in [0.05, 0.1) is 11.5 Å². The van der Waals surface area contributed by atoms with Gasteiger partial charge in [0.15, 0.2) is 5.79 Å². The highest BCUT2D eigenvalue weighted by Crippen LogP contribution is 2.67. The van der Waals surface area contributed by atoms with Crippen molar-refractivity contribution in [3.8, 4) is 0 Å². The van der Waals surface area contributed by atoms with Crippen LogP contribution in [0.2, 0.25) is 0 Å². The van der Waals surface area contributed by atoms with E-state index in [1.165, 1.54) is 0 Å². The Kier molecular flexibility index (Phi) is 1.59. The van der Waals surface area contributed by atoms with Gasteiger partial charge < -0.3 is 14.6 Å². The monoisotopic (exact) mass is 212 g/mol. The van der Waals surface area contributed by atoms with Crippen LogP contribution in [0.1, 0.15) is 27.2 Å². The lowest BCUT2D eigenvalue weighted by molar-refractivity contribution is -0.169. The fraction of sp³-hybridized carbons (Fsp3) is 0.909. The first-order valence-corrected chi connectivity index (χ1v) is 5.43. The molecule has 0 amide bonds. The van der Waals surface area contributed by atoms with Crippen molar-refractivity contribution in [2.24, 2.45) is 11.3 Å². The zero-order valence-electron chi connectivity index (χ0n) is 9.19. The number of rotatable bonds is 1. The van der Waals surface area contributed by atoms with E-state index in [-0.39, 0.29) is 23.9 Å². The first-order chi connectivity index (χ1) is 6.88. The van der Waals surface area contributed by atoms with Crippen molar-refractivity contribution in [2.45, 2.75) is 51.3 Å². The molecule has 0 aromatic heterocycles. The summed E-state index contributed by atoms with van der Waals surface area (Å²) in [6, 6.07) is 0. The van der Waals surface area contributed by atoms with Gasteiger partial charge in [-0.15, -0.1) is 0 Å². The van der Waals surface area contributed by atoms with Gasteiger partial charge >= 0.3 is 0 Å². The largest absolute Gasteiger partial charge is 0.390 e. The molecule has 0 unspecified atom stereocenters. The summed E-state index contributed by atoms with van der Waals surface area (Å²) in [7, 11) is 0. The summed E-state index contributed by atoms with van der Waals surface area (Å²) in [4.78, 5) is 11.7. The highest BCUT2D eigenvalue weighted by molar-refractivity contribution is 5.87. The molecule has 3 fully saturated rings. The van der Waals surface area contributed by atoms with Gasteiger partial charge in [-0.1, -0.05) is 0 Å². The van der Waals surface area contributed by atoms with Gasteiger partial charge in [-0.25, -0.2) is 0 Å². The van der Waals surface area contributed by atoms with E-state index >= 15 is 0 Å². The van der Waals surface area contributed by atoms with Crippen molar-refractivity contribution in [3.05, 3.63) is 0 Å². The average Bonchev–Trinajstić information content (AvgIpc) is 2.72. The van der Waals surface area contributed by atoms with E-state index in [9.17, 15) is 9.90 Å². The van der Waals surface area contributed by atoms with Gasteiger partial charge in [-0.3, -0.25) is 4.79 Å². The molecule has 1 N–H and O–H groups in total. The minimum Gasteiger partial charge on any atom is -0.390 e. The van der Waals surface area contributed by atoms with E-state index in [1.54, 1.807) is 6.92 Å². The van der Waals surface area contributed by atoms with Crippen molar-refractivity contribution in [1.82, 2.24) is 0 Å². The Bertz CT molecular complexity index is 337. The summed E-state index contributed by atoms with van der Waals surface area (Å²) < 4.78 is 11.4. The molecule has 3 aliphatic rings. The van der Waals surface area contributed by atoms with Gasteiger partial charge in [0.2, 0.25) is 0 Å². The molecule has 0 bridgehead atoms. The minimum absolute atomic E-state index is 0.0566. The first kappa shape index (κ1) is 9.75. The number of aliphatic hydroxyl groups excluding tert-OH is 1. The van der Waals surface area contributed by atoms with Gasteiger partial charge in [0.25, 0.3) is 0 Å². The number of hydrogen-bond acceptors (Lipinski definition) is 4. The fourth-order valence-corrected chi connectivity index (χ4v) is 3.33. The second-order valence-corrected chi connectivity index (χ2v) is 5.42. The van der Waals surface area contributed by atoms with Crippen LogP contribution in [0.3, 0.4) is 0 Å². The molecule has 84 valence electrons. The van der Waals surface area contributed by atoms with Crippen LogP contribution in [0, 0.1) is 11.3 Å². The molecule has 3 rings (SSSR count). The van der Waals surface area contributed by atoms with Crippen LogP contribution in [-0.4, -0.2) is 35.0 Å². The third-order valence-electron chi connectivity index (χ3n) is 4.10. The maximum absolute atomic E-state index is 11.7. The van der Waals surface area contributed by atoms with Crippen LogP contribution < -0.4 is 0 Å². The number of ketones is 1. The molecule has 15 heavy (non-hydrogen) atoms. The lowest BCUT2D eigenvalue weighted by Crippen LogP contribution is -2.35. The van der Waals surface area contributed by atoms with Crippen LogP contribution in [0.5, 0.6) is 0 Å². The molecule has 5 atom stereocenters. The standard InChI is InChI=1S/C11H16O4/c1-5(12)11-4-6(11)7(13)8-9(11)15-10(2,3)14-8/h6-9,13H,4H2,1-3H3/t6-,7+,8+,9+,11-/m1/s1. The van der Waals surface area contributed by atoms with Crippen molar-refractivity contribution in [2.75, 3.05) is 0 Å². The van der Waals surface area contributed by atoms with Gasteiger partial charge in [0, 0.05) is 5.92 Å². The van der Waals surface area contributed by atoms with Gasteiger partial charge in [0.1, 0.15) is 18.0 Å². The van der Waals surface area contributed by atoms with Crippen LogP contribution in [0.4, 0.5) is 0 Å². The Labute approximate surface area is 88.6 Å². The van der Waals surface area contributed by atoms with Crippen LogP contribution in [0.25, 0.3) is 0 Å². The van der Waals surface area contributed by atoms with Crippen molar-refractivity contribution in [3.63, 3.8) is 0 Å². The highest BCUT2D eigenvalue weighted by Gasteiger charge is 2.77. The number of Topliss-reactive ketones (excluding diaryl/α,β-unsaturated/α-hetero) is 1. The maximum atomic E-state index is 11.7. The summed E-state index contributed by atoms with van der Waals surface area (Å²) in [6.45, 7) is 5.23. The second kappa shape index (κ2) is 2.44. The molecule has 2 saturated carbocycles. The predicted molar refractivity (Wildman–Crippen MR) is 51.1 cm³/mol. The second-order valence-electron chi connectivity index (χ2n) is 5.42. The Morgan fingerprint density at radius 2 is 2.07 bits per heavy atom. The van der Waals surface area contributed by atoms with Crippen LogP contribution >= 0.6 is 0 Å². The summed E-state index contributed by atoms with van der Waals surface area (Å²) in [5, 5.41) is 10.00. The molecule has 0 spiro atoms. The van der Waals surface area contributed by atoms with Crippen LogP contribution in [0.15, 0.2) is 0 Å². The Morgan fingerprint density at radius 3 is 2.67 bits per heavy atom. The van der Waals surface area contributed by atoms with Gasteiger partial charge in [-0.05, 0) is 27.2 Å². The summed E-state index contributed by atoms with van der Waals surface area (Å²) in [5.41, 5.74) is -0.447. The number of aliphatic hydroxyl groups is 1. The van der Waals surface area contributed by atoms with Crippen LogP contribution in [-0.2, 0) is 14.3 Å². The van der Waals surface area contributed by atoms with E-state index in [2.05, 4.69) is 0 Å². The van der Waals surface area contributed by atoms with Crippen molar-refractivity contribution in [1.29, 1.82) is 0 Å². The SMILES string of the molecule is CC(=O)[C@]12C[C@@H]1[C@H](O)[C@@H]1OC(C)(C)O[C@@H]12. The van der Waals surface area contributed by atoms with E-state index < -0.39 is 17.3 Å². The summed E-state index contributed by atoms with van der Waals surface area (Å²) in [5.74, 6) is -0.492. The normalized spacial score (nSPS) is 54.9. The van der Waals surface area contributed by atoms with E-state index in [4.69, 9.17) is 9.47 Å². The molecule has 2 aliphatic carbocycles. The molecule has 1 heterocycles.